The van der Waals surface area contributed by atoms with Gasteiger partial charge in [-0.15, -0.1) is 0 Å². The monoisotopic (exact) mass is 468 g/mol. The van der Waals surface area contributed by atoms with E-state index in [0.29, 0.717) is 19.6 Å². The molecule has 3 atom stereocenters. The van der Waals surface area contributed by atoms with Gasteiger partial charge in [0.05, 0.1) is 26.2 Å². The van der Waals surface area contributed by atoms with Crippen molar-refractivity contribution in [3.05, 3.63) is 71.8 Å². The smallest absolute Gasteiger partial charge is 0.307 e. The Bertz CT molecular complexity index is 784. The lowest BCUT2D eigenvalue weighted by atomic mass is 9.96. The van der Waals surface area contributed by atoms with Gasteiger partial charge in [0.2, 0.25) is 0 Å². The van der Waals surface area contributed by atoms with Crippen LogP contribution < -0.4 is 5.73 Å². The van der Waals surface area contributed by atoms with E-state index in [-0.39, 0.29) is 24.2 Å². The molecule has 2 aromatic carbocycles. The predicted molar refractivity (Wildman–Crippen MR) is 139 cm³/mol. The molecule has 188 valence electrons. The van der Waals surface area contributed by atoms with Crippen LogP contribution in [0.3, 0.4) is 0 Å². The van der Waals surface area contributed by atoms with Gasteiger partial charge in [-0.1, -0.05) is 86.8 Å². The fourth-order valence-electron chi connectivity index (χ4n) is 4.48. The maximum absolute atomic E-state index is 12.5. The number of nitrogens with two attached hydrogens (primary N) is 1. The van der Waals surface area contributed by atoms with E-state index in [1.165, 1.54) is 31.1 Å². The number of nitrogens with zero attached hydrogens (tertiary/aromatic N) is 1. The van der Waals surface area contributed by atoms with E-state index in [0.717, 1.165) is 32.2 Å². The van der Waals surface area contributed by atoms with Crippen LogP contribution in [0.15, 0.2) is 60.7 Å². The second kappa shape index (κ2) is 16.4. The second-order valence-electron chi connectivity index (χ2n) is 9.05. The van der Waals surface area contributed by atoms with Crippen LogP contribution in [0.4, 0.5) is 0 Å². The molecule has 0 radical (unpaired) electrons. The van der Waals surface area contributed by atoms with E-state index in [1.54, 1.807) is 0 Å². The Morgan fingerprint density at radius 3 is 2.29 bits per heavy atom. The summed E-state index contributed by atoms with van der Waals surface area (Å²) in [6.45, 7) is 6.46. The molecule has 5 nitrogen and oxygen atoms in total. The Balaban J connectivity index is 2.24. The lowest BCUT2D eigenvalue weighted by Gasteiger charge is -2.38. The summed E-state index contributed by atoms with van der Waals surface area (Å²) in [4.78, 5) is 14.9. The van der Waals surface area contributed by atoms with Crippen molar-refractivity contribution >= 4 is 5.97 Å². The van der Waals surface area contributed by atoms with Crippen molar-refractivity contribution in [2.75, 3.05) is 20.2 Å². The van der Waals surface area contributed by atoms with E-state index < -0.39 is 0 Å². The number of rotatable bonds is 17. The number of esters is 1. The molecule has 0 amide bonds. The average Bonchev–Trinajstić information content (AvgIpc) is 2.88. The van der Waals surface area contributed by atoms with E-state index in [4.69, 9.17) is 15.2 Å². The highest BCUT2D eigenvalue weighted by Gasteiger charge is 2.29. The minimum absolute atomic E-state index is 0.0107. The first-order valence-electron chi connectivity index (χ1n) is 12.8. The Morgan fingerprint density at radius 2 is 1.68 bits per heavy atom. The quantitative estimate of drug-likeness (QED) is 0.232. The van der Waals surface area contributed by atoms with Crippen molar-refractivity contribution in [1.82, 2.24) is 4.90 Å². The lowest BCUT2D eigenvalue weighted by molar-refractivity contribution is -0.142. The number of carbonyl (C=O) groups excluding carboxylic acids is 1. The fourth-order valence-corrected chi connectivity index (χ4v) is 4.48. The van der Waals surface area contributed by atoms with Crippen LogP contribution in [0, 0.1) is 0 Å². The molecular weight excluding hydrogens is 424 g/mol. The molecule has 0 heterocycles. The molecule has 0 unspecified atom stereocenters. The summed E-state index contributed by atoms with van der Waals surface area (Å²) in [5.74, 6) is -0.182. The van der Waals surface area contributed by atoms with Crippen LogP contribution in [0.1, 0.15) is 76.0 Å². The third kappa shape index (κ3) is 9.96. The molecule has 0 aromatic heterocycles. The second-order valence-corrected chi connectivity index (χ2v) is 9.05. The van der Waals surface area contributed by atoms with Gasteiger partial charge in [-0.25, -0.2) is 0 Å². The van der Waals surface area contributed by atoms with Gasteiger partial charge in [-0.3, -0.25) is 9.69 Å². The molecule has 0 fully saturated rings. The highest BCUT2D eigenvalue weighted by Crippen LogP contribution is 2.28. The molecule has 0 bridgehead atoms. The van der Waals surface area contributed by atoms with Gasteiger partial charge in [0.25, 0.3) is 0 Å². The third-order valence-corrected chi connectivity index (χ3v) is 6.49. The number of methoxy groups -OCH3 is 1. The van der Waals surface area contributed by atoms with Crippen molar-refractivity contribution in [1.29, 1.82) is 0 Å². The van der Waals surface area contributed by atoms with Gasteiger partial charge in [0.15, 0.2) is 0 Å². The number of benzene rings is 2. The van der Waals surface area contributed by atoms with Gasteiger partial charge in [-0.2, -0.15) is 0 Å². The summed E-state index contributed by atoms with van der Waals surface area (Å²) >= 11 is 0. The molecule has 5 heteroatoms. The Hall–Kier alpha value is -2.21. The molecule has 0 aliphatic heterocycles. The number of hydrogen-bond donors (Lipinski definition) is 1. The van der Waals surface area contributed by atoms with Crippen LogP contribution in [0.2, 0.25) is 0 Å². The number of unbranched alkanes of at least 4 members (excludes halogenated alkanes) is 2. The van der Waals surface area contributed by atoms with Crippen molar-refractivity contribution in [2.24, 2.45) is 5.73 Å². The van der Waals surface area contributed by atoms with E-state index >= 15 is 0 Å². The van der Waals surface area contributed by atoms with E-state index in [9.17, 15) is 4.79 Å². The van der Waals surface area contributed by atoms with Crippen LogP contribution >= 0.6 is 0 Å². The first-order chi connectivity index (χ1) is 16.6. The first-order valence-corrected chi connectivity index (χ1v) is 12.8. The third-order valence-electron chi connectivity index (χ3n) is 6.49. The summed E-state index contributed by atoms with van der Waals surface area (Å²) in [5, 5.41) is 0. The molecule has 0 aliphatic rings. The number of carbonyl (C=O) groups is 1. The van der Waals surface area contributed by atoms with E-state index in [2.05, 4.69) is 55.1 Å². The zero-order chi connectivity index (χ0) is 24.6. The van der Waals surface area contributed by atoms with Crippen LogP contribution in [0.5, 0.6) is 0 Å². The maximum atomic E-state index is 12.5. The van der Waals surface area contributed by atoms with Crippen molar-refractivity contribution < 1.29 is 14.3 Å². The lowest BCUT2D eigenvalue weighted by Crippen LogP contribution is -2.42. The first kappa shape index (κ1) is 28.0. The highest BCUT2D eigenvalue weighted by atomic mass is 16.5. The Morgan fingerprint density at radius 1 is 1.00 bits per heavy atom. The normalized spacial score (nSPS) is 14.0. The molecule has 0 saturated heterocycles. The molecule has 0 aliphatic carbocycles. The van der Waals surface area contributed by atoms with E-state index in [1.807, 2.05) is 24.3 Å². The van der Waals surface area contributed by atoms with Crippen molar-refractivity contribution in [3.63, 3.8) is 0 Å². The zero-order valence-corrected chi connectivity index (χ0v) is 21.3. The SMILES string of the molecule is CCCCC[C@@H](C[C@H](CC(=O)OC)N(CCCN)[C@H](C)c1ccccc1)OCc1ccccc1. The summed E-state index contributed by atoms with van der Waals surface area (Å²) in [6, 6.07) is 21.0. The fraction of sp³-hybridized carbons (Fsp3) is 0.552. The Labute approximate surface area is 206 Å². The van der Waals surface area contributed by atoms with Crippen molar-refractivity contribution in [2.45, 2.75) is 83.6 Å². The summed E-state index contributed by atoms with van der Waals surface area (Å²) in [7, 11) is 1.47. The minimum atomic E-state index is -0.182. The molecule has 34 heavy (non-hydrogen) atoms. The standard InChI is InChI=1S/C29H44N2O3/c1-4-5-8-18-28(34-23-25-14-9-6-10-15-25)21-27(22-29(32)33-3)31(20-13-19-30)24(2)26-16-11-7-12-17-26/h6-7,9-12,14-17,24,27-28H,4-5,8,13,18-23,30H2,1-3H3/t24-,27-,28+/m1/s1. The maximum Gasteiger partial charge on any atom is 0.307 e. The van der Waals surface area contributed by atoms with Gasteiger partial charge in [0.1, 0.15) is 0 Å². The van der Waals surface area contributed by atoms with Gasteiger partial charge >= 0.3 is 5.97 Å². The predicted octanol–water partition coefficient (Wildman–Crippen LogP) is 5.89. The number of hydrogen-bond acceptors (Lipinski definition) is 5. The molecule has 2 N–H and O–H groups in total. The van der Waals surface area contributed by atoms with Gasteiger partial charge < -0.3 is 15.2 Å². The van der Waals surface area contributed by atoms with Crippen LogP contribution in [-0.2, 0) is 20.9 Å². The molecule has 2 aromatic rings. The molecule has 0 saturated carbocycles. The highest BCUT2D eigenvalue weighted by molar-refractivity contribution is 5.69. The minimum Gasteiger partial charge on any atom is -0.469 e. The summed E-state index contributed by atoms with van der Waals surface area (Å²) < 4.78 is 11.6. The topological polar surface area (TPSA) is 64.8 Å². The van der Waals surface area contributed by atoms with Crippen LogP contribution in [0.25, 0.3) is 0 Å². The molecular formula is C29H44N2O3. The largest absolute Gasteiger partial charge is 0.469 e. The summed E-state index contributed by atoms with van der Waals surface area (Å²) in [6.07, 6.45) is 6.55. The Kier molecular flexibility index (Phi) is 13.5. The molecule has 0 spiro atoms. The van der Waals surface area contributed by atoms with Gasteiger partial charge in [-0.05, 0) is 43.9 Å². The van der Waals surface area contributed by atoms with Gasteiger partial charge in [0, 0.05) is 18.6 Å². The summed E-state index contributed by atoms with van der Waals surface area (Å²) in [5.41, 5.74) is 8.30. The van der Waals surface area contributed by atoms with Crippen LogP contribution in [-0.4, -0.2) is 43.2 Å². The zero-order valence-electron chi connectivity index (χ0n) is 21.3. The number of ether oxygens (including phenoxy) is 2. The molecule has 2 rings (SSSR count). The average molecular weight is 469 g/mol. The van der Waals surface area contributed by atoms with Crippen molar-refractivity contribution in [3.8, 4) is 0 Å².